The summed E-state index contributed by atoms with van der Waals surface area (Å²) in [5.41, 5.74) is 2.04. The van der Waals surface area contributed by atoms with Gasteiger partial charge in [-0.15, -0.1) is 0 Å². The molecule has 1 aliphatic rings. The zero-order valence-electron chi connectivity index (χ0n) is 20.2. The van der Waals surface area contributed by atoms with Gasteiger partial charge in [0.05, 0.1) is 18.7 Å². The first-order valence-corrected chi connectivity index (χ1v) is 11.2. The van der Waals surface area contributed by atoms with E-state index in [1.165, 1.54) is 0 Å². The standard InChI is InChI=1S/C27H32N2O5/c1-6-16-34-20-10-8-19(9-11-20)24-23(25(30)22-13-12-21(33-5)17-18(22)2)26(31)27(32)29(24)15-7-14-28(3)4/h6,8-13,17,24,30H,1,7,14-16H2,2-5H3/t24-/m1/s1. The van der Waals surface area contributed by atoms with Crippen molar-refractivity contribution in [2.75, 3.05) is 40.9 Å². The largest absolute Gasteiger partial charge is 0.507 e. The van der Waals surface area contributed by atoms with E-state index >= 15 is 0 Å². The van der Waals surface area contributed by atoms with E-state index < -0.39 is 17.7 Å². The Morgan fingerprint density at radius 3 is 2.41 bits per heavy atom. The van der Waals surface area contributed by atoms with Crippen LogP contribution in [-0.2, 0) is 9.59 Å². The van der Waals surface area contributed by atoms with Crippen LogP contribution in [0.2, 0.25) is 0 Å². The minimum Gasteiger partial charge on any atom is -0.507 e. The van der Waals surface area contributed by atoms with Crippen molar-refractivity contribution in [2.24, 2.45) is 0 Å². The maximum absolute atomic E-state index is 13.2. The molecular weight excluding hydrogens is 432 g/mol. The summed E-state index contributed by atoms with van der Waals surface area (Å²) in [7, 11) is 5.48. The van der Waals surface area contributed by atoms with Crippen molar-refractivity contribution >= 4 is 17.4 Å². The van der Waals surface area contributed by atoms with Crippen molar-refractivity contribution in [1.82, 2.24) is 9.80 Å². The van der Waals surface area contributed by atoms with Gasteiger partial charge in [0.1, 0.15) is 23.9 Å². The molecule has 0 spiro atoms. The van der Waals surface area contributed by atoms with Crippen LogP contribution in [0.5, 0.6) is 11.5 Å². The second-order valence-corrected chi connectivity index (χ2v) is 8.50. The maximum atomic E-state index is 13.2. The molecule has 1 saturated heterocycles. The molecule has 1 fully saturated rings. The van der Waals surface area contributed by atoms with Gasteiger partial charge in [-0.05, 0) is 75.4 Å². The molecular formula is C27H32N2O5. The molecule has 0 aliphatic carbocycles. The van der Waals surface area contributed by atoms with Gasteiger partial charge < -0.3 is 24.4 Å². The summed E-state index contributed by atoms with van der Waals surface area (Å²) in [4.78, 5) is 29.8. The second kappa shape index (κ2) is 11.0. The van der Waals surface area contributed by atoms with Gasteiger partial charge in [-0.2, -0.15) is 0 Å². The van der Waals surface area contributed by atoms with E-state index in [-0.39, 0.29) is 11.3 Å². The monoisotopic (exact) mass is 464 g/mol. The van der Waals surface area contributed by atoms with E-state index in [0.29, 0.717) is 36.6 Å². The number of ketones is 1. The first-order valence-electron chi connectivity index (χ1n) is 11.2. The van der Waals surface area contributed by atoms with E-state index in [1.807, 2.05) is 38.1 Å². The van der Waals surface area contributed by atoms with Crippen LogP contribution >= 0.6 is 0 Å². The van der Waals surface area contributed by atoms with Crippen LogP contribution in [-0.4, -0.2) is 67.5 Å². The number of aryl methyl sites for hydroxylation is 1. The van der Waals surface area contributed by atoms with Crippen molar-refractivity contribution < 1.29 is 24.2 Å². The van der Waals surface area contributed by atoms with E-state index in [4.69, 9.17) is 9.47 Å². The first kappa shape index (κ1) is 25.1. The Balaban J connectivity index is 2.08. The summed E-state index contributed by atoms with van der Waals surface area (Å²) in [5.74, 6) is -0.187. The number of aliphatic hydroxyl groups is 1. The fraction of sp³-hybridized carbons (Fsp3) is 0.333. The van der Waals surface area contributed by atoms with Gasteiger partial charge in [-0.25, -0.2) is 0 Å². The van der Waals surface area contributed by atoms with Gasteiger partial charge in [-0.1, -0.05) is 24.8 Å². The molecule has 180 valence electrons. The molecule has 0 saturated carbocycles. The minimum absolute atomic E-state index is 0.0860. The summed E-state index contributed by atoms with van der Waals surface area (Å²) >= 11 is 0. The highest BCUT2D eigenvalue weighted by Gasteiger charge is 2.45. The Bertz CT molecular complexity index is 1090. The molecule has 0 radical (unpaired) electrons. The van der Waals surface area contributed by atoms with Gasteiger partial charge in [0.25, 0.3) is 11.7 Å². The van der Waals surface area contributed by atoms with Crippen molar-refractivity contribution in [1.29, 1.82) is 0 Å². The van der Waals surface area contributed by atoms with Gasteiger partial charge in [0.15, 0.2) is 0 Å². The summed E-state index contributed by atoms with van der Waals surface area (Å²) in [6.45, 7) is 7.00. The Morgan fingerprint density at radius 1 is 1.15 bits per heavy atom. The number of likely N-dealkylation sites (tertiary alicyclic amines) is 1. The number of benzene rings is 2. The molecule has 1 N–H and O–H groups in total. The van der Waals surface area contributed by atoms with Crippen LogP contribution in [0, 0.1) is 6.92 Å². The van der Waals surface area contributed by atoms with Crippen molar-refractivity contribution in [3.8, 4) is 11.5 Å². The highest BCUT2D eigenvalue weighted by molar-refractivity contribution is 6.46. The lowest BCUT2D eigenvalue weighted by Crippen LogP contribution is -2.32. The Morgan fingerprint density at radius 2 is 1.82 bits per heavy atom. The van der Waals surface area contributed by atoms with Gasteiger partial charge in [0.2, 0.25) is 0 Å². The topological polar surface area (TPSA) is 79.3 Å². The summed E-state index contributed by atoms with van der Waals surface area (Å²) in [6.07, 6.45) is 2.35. The molecule has 2 aromatic rings. The van der Waals surface area contributed by atoms with Gasteiger partial charge >= 0.3 is 0 Å². The third kappa shape index (κ3) is 5.31. The van der Waals surface area contributed by atoms with Crippen LogP contribution in [0.3, 0.4) is 0 Å². The number of rotatable bonds is 10. The zero-order chi connectivity index (χ0) is 24.8. The lowest BCUT2D eigenvalue weighted by molar-refractivity contribution is -0.139. The first-order chi connectivity index (χ1) is 16.3. The van der Waals surface area contributed by atoms with Crippen LogP contribution < -0.4 is 9.47 Å². The number of carbonyl (C=O) groups is 2. The van der Waals surface area contributed by atoms with Crippen LogP contribution in [0.15, 0.2) is 60.7 Å². The Kier molecular flexibility index (Phi) is 8.12. The van der Waals surface area contributed by atoms with Crippen molar-refractivity contribution in [2.45, 2.75) is 19.4 Å². The van der Waals surface area contributed by atoms with Crippen LogP contribution in [0.25, 0.3) is 5.76 Å². The third-order valence-corrected chi connectivity index (χ3v) is 5.80. The number of nitrogens with zero attached hydrogens (tertiary/aromatic N) is 2. The summed E-state index contributed by atoms with van der Waals surface area (Å²) < 4.78 is 10.8. The van der Waals surface area contributed by atoms with Crippen molar-refractivity contribution in [3.05, 3.63) is 77.4 Å². The molecule has 0 aromatic heterocycles. The molecule has 0 unspecified atom stereocenters. The average Bonchev–Trinajstić information content (AvgIpc) is 3.07. The second-order valence-electron chi connectivity index (χ2n) is 8.50. The number of amides is 1. The molecule has 3 rings (SSSR count). The molecule has 7 nitrogen and oxygen atoms in total. The fourth-order valence-corrected chi connectivity index (χ4v) is 4.09. The maximum Gasteiger partial charge on any atom is 0.295 e. The minimum atomic E-state index is -0.697. The molecule has 1 heterocycles. The molecule has 1 atom stereocenters. The Labute approximate surface area is 200 Å². The SMILES string of the molecule is C=CCOc1ccc([C@@H]2C(=C(O)c3ccc(OC)cc3C)C(=O)C(=O)N2CCCN(C)C)cc1. The quantitative estimate of drug-likeness (QED) is 0.248. The highest BCUT2D eigenvalue weighted by Crippen LogP contribution is 2.40. The van der Waals surface area contributed by atoms with Crippen LogP contribution in [0.4, 0.5) is 0 Å². The number of Topliss-reactive ketones (excluding diaryl/α,β-unsaturated/α-hetero) is 1. The normalized spacial score (nSPS) is 17.3. The molecule has 1 amide bonds. The third-order valence-electron chi connectivity index (χ3n) is 5.80. The molecule has 34 heavy (non-hydrogen) atoms. The van der Waals surface area contributed by atoms with E-state index in [0.717, 1.165) is 17.7 Å². The van der Waals surface area contributed by atoms with Gasteiger partial charge in [-0.3, -0.25) is 9.59 Å². The number of hydrogen-bond donors (Lipinski definition) is 1. The van der Waals surface area contributed by atoms with E-state index in [2.05, 4.69) is 6.58 Å². The lowest BCUT2D eigenvalue weighted by Gasteiger charge is -2.26. The predicted molar refractivity (Wildman–Crippen MR) is 132 cm³/mol. The van der Waals surface area contributed by atoms with E-state index in [1.54, 1.807) is 48.4 Å². The summed E-state index contributed by atoms with van der Waals surface area (Å²) in [5, 5.41) is 11.3. The van der Waals surface area contributed by atoms with Gasteiger partial charge in [0, 0.05) is 12.1 Å². The smallest absolute Gasteiger partial charge is 0.295 e. The molecule has 1 aliphatic heterocycles. The summed E-state index contributed by atoms with van der Waals surface area (Å²) in [6, 6.07) is 11.7. The van der Waals surface area contributed by atoms with Crippen LogP contribution in [0.1, 0.15) is 29.2 Å². The zero-order valence-corrected chi connectivity index (χ0v) is 20.2. The number of hydrogen-bond acceptors (Lipinski definition) is 6. The lowest BCUT2D eigenvalue weighted by atomic mass is 9.93. The molecule has 2 aromatic carbocycles. The fourth-order valence-electron chi connectivity index (χ4n) is 4.09. The molecule has 0 bridgehead atoms. The number of ether oxygens (including phenoxy) is 2. The number of methoxy groups -OCH3 is 1. The highest BCUT2D eigenvalue weighted by atomic mass is 16.5. The molecule has 7 heteroatoms. The number of carbonyl (C=O) groups excluding carboxylic acids is 2. The predicted octanol–water partition coefficient (Wildman–Crippen LogP) is 3.94. The van der Waals surface area contributed by atoms with Crippen molar-refractivity contribution in [3.63, 3.8) is 0 Å². The Hall–Kier alpha value is -3.58. The number of aliphatic hydroxyl groups excluding tert-OH is 1. The average molecular weight is 465 g/mol. The van der Waals surface area contributed by atoms with E-state index in [9.17, 15) is 14.7 Å².